The van der Waals surface area contributed by atoms with Gasteiger partial charge in [0, 0.05) is 11.8 Å². The Bertz CT molecular complexity index is 949. The molecule has 0 fully saturated rings. The van der Waals surface area contributed by atoms with Crippen LogP contribution in [0.3, 0.4) is 0 Å². The standard InChI is InChI=1S/C19H14F3NO2/c1-25-18-9-7-13(19(20,21)22)10-16(18)23-11-15-14-5-3-2-4-12(14)6-8-17(15)24/h2-11,24H,1H3. The fourth-order valence-corrected chi connectivity index (χ4v) is 2.52. The number of ether oxygens (including phenoxy) is 1. The summed E-state index contributed by atoms with van der Waals surface area (Å²) in [7, 11) is 1.36. The first-order chi connectivity index (χ1) is 11.9. The van der Waals surface area contributed by atoms with Crippen LogP contribution in [0.5, 0.6) is 11.5 Å². The highest BCUT2D eigenvalue weighted by Gasteiger charge is 2.31. The van der Waals surface area contributed by atoms with Crippen molar-refractivity contribution in [1.29, 1.82) is 0 Å². The zero-order valence-electron chi connectivity index (χ0n) is 13.2. The fourth-order valence-electron chi connectivity index (χ4n) is 2.52. The Labute approximate surface area is 142 Å². The second kappa shape index (κ2) is 6.47. The van der Waals surface area contributed by atoms with Gasteiger partial charge in [-0.2, -0.15) is 13.2 Å². The number of hydrogen-bond donors (Lipinski definition) is 1. The maximum atomic E-state index is 12.9. The van der Waals surface area contributed by atoms with Gasteiger partial charge in [0.25, 0.3) is 0 Å². The Morgan fingerprint density at radius 1 is 1.04 bits per heavy atom. The van der Waals surface area contributed by atoms with Crippen LogP contribution in [0.15, 0.2) is 59.6 Å². The molecule has 0 atom stereocenters. The van der Waals surface area contributed by atoms with Crippen LogP contribution in [0.1, 0.15) is 11.1 Å². The van der Waals surface area contributed by atoms with Crippen molar-refractivity contribution in [3.8, 4) is 11.5 Å². The lowest BCUT2D eigenvalue weighted by molar-refractivity contribution is -0.137. The normalized spacial score (nSPS) is 12.0. The number of nitrogens with zero attached hydrogens (tertiary/aromatic N) is 1. The van der Waals surface area contributed by atoms with Gasteiger partial charge in [-0.05, 0) is 35.0 Å². The van der Waals surface area contributed by atoms with E-state index in [0.29, 0.717) is 5.56 Å². The predicted octanol–water partition coefficient (Wildman–Crippen LogP) is 5.32. The van der Waals surface area contributed by atoms with Gasteiger partial charge in [0.05, 0.1) is 12.7 Å². The third-order valence-electron chi connectivity index (χ3n) is 3.79. The van der Waals surface area contributed by atoms with Gasteiger partial charge in [0.2, 0.25) is 0 Å². The quantitative estimate of drug-likeness (QED) is 0.653. The lowest BCUT2D eigenvalue weighted by atomic mass is 10.0. The molecule has 0 spiro atoms. The van der Waals surface area contributed by atoms with E-state index in [1.54, 1.807) is 12.1 Å². The topological polar surface area (TPSA) is 41.8 Å². The molecule has 3 aromatic carbocycles. The maximum Gasteiger partial charge on any atom is 0.416 e. The van der Waals surface area contributed by atoms with Crippen LogP contribution in [-0.4, -0.2) is 18.4 Å². The van der Waals surface area contributed by atoms with E-state index in [0.717, 1.165) is 22.9 Å². The molecule has 0 heterocycles. The Morgan fingerprint density at radius 3 is 2.52 bits per heavy atom. The minimum atomic E-state index is -4.47. The summed E-state index contributed by atoms with van der Waals surface area (Å²) in [5.74, 6) is 0.206. The van der Waals surface area contributed by atoms with Crippen LogP contribution in [-0.2, 0) is 6.18 Å². The molecule has 0 amide bonds. The van der Waals surface area contributed by atoms with Crippen LogP contribution in [0.25, 0.3) is 10.8 Å². The lowest BCUT2D eigenvalue weighted by Gasteiger charge is -2.10. The lowest BCUT2D eigenvalue weighted by Crippen LogP contribution is -2.04. The second-order valence-corrected chi connectivity index (χ2v) is 5.36. The molecule has 0 aliphatic heterocycles. The number of halogens is 3. The molecule has 0 bridgehead atoms. The van der Waals surface area contributed by atoms with E-state index in [1.807, 2.05) is 18.2 Å². The highest BCUT2D eigenvalue weighted by Crippen LogP contribution is 2.36. The van der Waals surface area contributed by atoms with Crippen molar-refractivity contribution in [2.24, 2.45) is 4.99 Å². The van der Waals surface area contributed by atoms with Gasteiger partial charge >= 0.3 is 6.18 Å². The van der Waals surface area contributed by atoms with Crippen LogP contribution >= 0.6 is 0 Å². The van der Waals surface area contributed by atoms with Gasteiger partial charge < -0.3 is 9.84 Å². The SMILES string of the molecule is COc1ccc(C(F)(F)F)cc1N=Cc1c(O)ccc2ccccc12. The van der Waals surface area contributed by atoms with Gasteiger partial charge in [0.15, 0.2) is 0 Å². The van der Waals surface area contributed by atoms with Gasteiger partial charge in [-0.1, -0.05) is 30.3 Å². The van der Waals surface area contributed by atoms with Crippen molar-refractivity contribution in [3.05, 3.63) is 65.7 Å². The number of phenols is 1. The molecule has 0 saturated heterocycles. The molecule has 3 rings (SSSR count). The predicted molar refractivity (Wildman–Crippen MR) is 90.9 cm³/mol. The third kappa shape index (κ3) is 3.42. The van der Waals surface area contributed by atoms with Gasteiger partial charge in [0.1, 0.15) is 17.2 Å². The van der Waals surface area contributed by atoms with Crippen molar-refractivity contribution in [3.63, 3.8) is 0 Å². The molecular weight excluding hydrogens is 331 g/mol. The molecule has 0 aromatic heterocycles. The van der Waals surface area contributed by atoms with Gasteiger partial charge in [-0.3, -0.25) is 4.99 Å². The highest BCUT2D eigenvalue weighted by molar-refractivity contribution is 6.03. The fraction of sp³-hybridized carbons (Fsp3) is 0.105. The zero-order chi connectivity index (χ0) is 18.0. The summed E-state index contributed by atoms with van der Waals surface area (Å²) in [6, 6.07) is 13.7. The summed E-state index contributed by atoms with van der Waals surface area (Å²) >= 11 is 0. The molecule has 3 nitrogen and oxygen atoms in total. The largest absolute Gasteiger partial charge is 0.507 e. The Balaban J connectivity index is 2.10. The first kappa shape index (κ1) is 16.8. The summed E-state index contributed by atoms with van der Waals surface area (Å²) in [6.45, 7) is 0. The number of phenolic OH excluding ortho intramolecular Hbond substituents is 1. The molecule has 0 aliphatic rings. The van der Waals surface area contributed by atoms with Gasteiger partial charge in [-0.15, -0.1) is 0 Å². The van der Waals surface area contributed by atoms with Crippen LogP contribution < -0.4 is 4.74 Å². The number of hydrogen-bond acceptors (Lipinski definition) is 3. The van der Waals surface area contributed by atoms with Crippen LogP contribution in [0.4, 0.5) is 18.9 Å². The number of aromatic hydroxyl groups is 1. The number of benzene rings is 3. The van der Waals surface area contributed by atoms with Crippen molar-refractivity contribution >= 4 is 22.7 Å². The Hall–Kier alpha value is -3.02. The molecule has 3 aromatic rings. The Kier molecular flexibility index (Phi) is 4.35. The van der Waals surface area contributed by atoms with E-state index in [9.17, 15) is 18.3 Å². The summed E-state index contributed by atoms with van der Waals surface area (Å²) in [5, 5.41) is 11.7. The van der Waals surface area contributed by atoms with E-state index >= 15 is 0 Å². The molecule has 0 saturated carbocycles. The number of aliphatic imine (C=N–C) groups is 1. The van der Waals surface area contributed by atoms with Gasteiger partial charge in [-0.25, -0.2) is 0 Å². The number of rotatable bonds is 3. The van der Waals surface area contributed by atoms with Crippen molar-refractivity contribution < 1.29 is 23.0 Å². The van der Waals surface area contributed by atoms with E-state index in [2.05, 4.69) is 4.99 Å². The minimum absolute atomic E-state index is 0.00612. The second-order valence-electron chi connectivity index (χ2n) is 5.36. The summed E-state index contributed by atoms with van der Waals surface area (Å²) in [6.07, 6.45) is -3.13. The Morgan fingerprint density at radius 2 is 1.80 bits per heavy atom. The highest BCUT2D eigenvalue weighted by atomic mass is 19.4. The number of alkyl halides is 3. The average molecular weight is 345 g/mol. The summed E-state index contributed by atoms with van der Waals surface area (Å²) in [4.78, 5) is 4.12. The smallest absolute Gasteiger partial charge is 0.416 e. The van der Waals surface area contributed by atoms with E-state index < -0.39 is 11.7 Å². The van der Waals surface area contributed by atoms with Crippen molar-refractivity contribution in [2.45, 2.75) is 6.18 Å². The molecule has 1 N–H and O–H groups in total. The first-order valence-electron chi connectivity index (χ1n) is 7.40. The average Bonchev–Trinajstić information content (AvgIpc) is 2.60. The minimum Gasteiger partial charge on any atom is -0.507 e. The summed E-state index contributed by atoms with van der Waals surface area (Å²) < 4.78 is 43.8. The summed E-state index contributed by atoms with van der Waals surface area (Å²) in [5.41, 5.74) is -0.357. The molecular formula is C19H14F3NO2. The zero-order valence-corrected chi connectivity index (χ0v) is 13.2. The third-order valence-corrected chi connectivity index (χ3v) is 3.79. The van der Waals surface area contributed by atoms with Crippen LogP contribution in [0.2, 0.25) is 0 Å². The molecule has 25 heavy (non-hydrogen) atoms. The molecule has 0 aliphatic carbocycles. The molecule has 0 unspecified atom stereocenters. The molecule has 128 valence electrons. The molecule has 0 radical (unpaired) electrons. The number of fused-ring (bicyclic) bond motifs is 1. The number of methoxy groups -OCH3 is 1. The van der Waals surface area contributed by atoms with E-state index in [4.69, 9.17) is 4.74 Å². The van der Waals surface area contributed by atoms with E-state index in [-0.39, 0.29) is 17.2 Å². The van der Waals surface area contributed by atoms with Crippen molar-refractivity contribution in [2.75, 3.05) is 7.11 Å². The van der Waals surface area contributed by atoms with Crippen LogP contribution in [0, 0.1) is 0 Å². The van der Waals surface area contributed by atoms with E-state index in [1.165, 1.54) is 25.5 Å². The van der Waals surface area contributed by atoms with Crippen molar-refractivity contribution in [1.82, 2.24) is 0 Å². The first-order valence-corrected chi connectivity index (χ1v) is 7.40. The maximum absolute atomic E-state index is 12.9. The molecule has 6 heteroatoms. The monoisotopic (exact) mass is 345 g/mol.